The van der Waals surface area contributed by atoms with E-state index in [1.165, 1.54) is 0 Å². The minimum absolute atomic E-state index is 0.694. The summed E-state index contributed by atoms with van der Waals surface area (Å²) in [4.78, 5) is 0. The van der Waals surface area contributed by atoms with Crippen molar-refractivity contribution in [3.63, 3.8) is 0 Å². The van der Waals surface area contributed by atoms with Gasteiger partial charge in [-0.1, -0.05) is 39.7 Å². The SMILES string of the molecule is Nc1ccc(Cl)cc1-c1cccc(Br)c1. The van der Waals surface area contributed by atoms with Gasteiger partial charge in [0, 0.05) is 20.7 Å². The van der Waals surface area contributed by atoms with Gasteiger partial charge in [0.15, 0.2) is 0 Å². The number of benzene rings is 2. The first-order valence-corrected chi connectivity index (χ1v) is 5.65. The summed E-state index contributed by atoms with van der Waals surface area (Å²) < 4.78 is 1.03. The van der Waals surface area contributed by atoms with Gasteiger partial charge in [-0.3, -0.25) is 0 Å². The van der Waals surface area contributed by atoms with Crippen LogP contribution in [-0.2, 0) is 0 Å². The first-order valence-electron chi connectivity index (χ1n) is 4.48. The highest BCUT2D eigenvalue weighted by molar-refractivity contribution is 9.10. The van der Waals surface area contributed by atoms with Crippen molar-refractivity contribution in [1.82, 2.24) is 0 Å². The van der Waals surface area contributed by atoms with Gasteiger partial charge in [0.1, 0.15) is 0 Å². The van der Waals surface area contributed by atoms with Crippen LogP contribution in [-0.4, -0.2) is 0 Å². The van der Waals surface area contributed by atoms with Crippen molar-refractivity contribution in [2.45, 2.75) is 0 Å². The second-order valence-corrected chi connectivity index (χ2v) is 4.59. The normalized spacial score (nSPS) is 10.3. The molecular weight excluding hydrogens is 273 g/mol. The van der Waals surface area contributed by atoms with Crippen LogP contribution in [0.25, 0.3) is 11.1 Å². The Balaban J connectivity index is 2.58. The Labute approximate surface area is 102 Å². The molecule has 0 unspecified atom stereocenters. The number of anilines is 1. The molecule has 1 nitrogen and oxygen atoms in total. The molecule has 0 aromatic heterocycles. The van der Waals surface area contributed by atoms with Crippen molar-refractivity contribution in [1.29, 1.82) is 0 Å². The first kappa shape index (κ1) is 10.5. The van der Waals surface area contributed by atoms with Crippen LogP contribution in [0.1, 0.15) is 0 Å². The van der Waals surface area contributed by atoms with Crippen LogP contribution in [0, 0.1) is 0 Å². The summed E-state index contributed by atoms with van der Waals surface area (Å²) in [5.74, 6) is 0. The van der Waals surface area contributed by atoms with Gasteiger partial charge in [-0.05, 0) is 35.9 Å². The molecule has 76 valence electrons. The summed E-state index contributed by atoms with van der Waals surface area (Å²) in [6.45, 7) is 0. The van der Waals surface area contributed by atoms with Crippen molar-refractivity contribution in [2.24, 2.45) is 0 Å². The van der Waals surface area contributed by atoms with Gasteiger partial charge < -0.3 is 5.73 Å². The molecule has 0 fully saturated rings. The molecule has 0 aliphatic carbocycles. The second kappa shape index (κ2) is 4.25. The van der Waals surface area contributed by atoms with Gasteiger partial charge in [-0.15, -0.1) is 0 Å². The van der Waals surface area contributed by atoms with Gasteiger partial charge in [-0.2, -0.15) is 0 Å². The average molecular weight is 283 g/mol. The van der Waals surface area contributed by atoms with Crippen LogP contribution >= 0.6 is 27.5 Å². The Morgan fingerprint density at radius 2 is 1.87 bits per heavy atom. The highest BCUT2D eigenvalue weighted by Gasteiger charge is 2.03. The number of hydrogen-bond donors (Lipinski definition) is 1. The van der Waals surface area contributed by atoms with E-state index in [0.29, 0.717) is 5.02 Å². The van der Waals surface area contributed by atoms with Crippen molar-refractivity contribution in [3.8, 4) is 11.1 Å². The zero-order valence-corrected chi connectivity index (χ0v) is 10.2. The quantitative estimate of drug-likeness (QED) is 0.773. The lowest BCUT2D eigenvalue weighted by Gasteiger charge is -2.06. The fourth-order valence-electron chi connectivity index (χ4n) is 1.43. The van der Waals surface area contributed by atoms with Crippen molar-refractivity contribution < 1.29 is 0 Å². The molecule has 0 aliphatic rings. The summed E-state index contributed by atoms with van der Waals surface area (Å²) >= 11 is 9.37. The van der Waals surface area contributed by atoms with Crippen LogP contribution in [0.3, 0.4) is 0 Å². The third-order valence-corrected chi connectivity index (χ3v) is 2.88. The molecule has 0 heterocycles. The predicted octanol–water partition coefficient (Wildman–Crippen LogP) is 4.35. The number of halogens is 2. The van der Waals surface area contributed by atoms with E-state index in [1.54, 1.807) is 6.07 Å². The van der Waals surface area contributed by atoms with E-state index < -0.39 is 0 Å². The molecule has 0 saturated carbocycles. The number of nitrogens with two attached hydrogens (primary N) is 1. The molecular formula is C12H9BrClN. The maximum absolute atomic E-state index is 5.94. The molecule has 2 N–H and O–H groups in total. The Bertz CT molecular complexity index is 497. The molecule has 2 aromatic rings. The topological polar surface area (TPSA) is 26.0 Å². The minimum Gasteiger partial charge on any atom is -0.398 e. The van der Waals surface area contributed by atoms with Gasteiger partial charge >= 0.3 is 0 Å². The van der Waals surface area contributed by atoms with E-state index in [-0.39, 0.29) is 0 Å². The maximum atomic E-state index is 5.94. The van der Waals surface area contributed by atoms with Crippen LogP contribution in [0.5, 0.6) is 0 Å². The molecule has 2 aromatic carbocycles. The van der Waals surface area contributed by atoms with Gasteiger partial charge in [0.2, 0.25) is 0 Å². The van der Waals surface area contributed by atoms with Crippen molar-refractivity contribution in [2.75, 3.05) is 5.73 Å². The van der Waals surface area contributed by atoms with Crippen molar-refractivity contribution in [3.05, 3.63) is 52.0 Å². The fourth-order valence-corrected chi connectivity index (χ4v) is 2.01. The average Bonchev–Trinajstić information content (AvgIpc) is 2.22. The zero-order valence-electron chi connectivity index (χ0n) is 7.87. The number of rotatable bonds is 1. The third-order valence-electron chi connectivity index (χ3n) is 2.15. The molecule has 15 heavy (non-hydrogen) atoms. The smallest absolute Gasteiger partial charge is 0.0413 e. The van der Waals surface area contributed by atoms with E-state index in [1.807, 2.05) is 36.4 Å². The van der Waals surface area contributed by atoms with Gasteiger partial charge in [0.25, 0.3) is 0 Å². The molecule has 0 spiro atoms. The lowest BCUT2D eigenvalue weighted by molar-refractivity contribution is 1.59. The second-order valence-electron chi connectivity index (χ2n) is 3.24. The molecule has 0 radical (unpaired) electrons. The molecule has 2 rings (SSSR count). The highest BCUT2D eigenvalue weighted by atomic mass is 79.9. The van der Waals surface area contributed by atoms with E-state index in [0.717, 1.165) is 21.3 Å². The molecule has 0 saturated heterocycles. The lowest BCUT2D eigenvalue weighted by atomic mass is 10.0. The van der Waals surface area contributed by atoms with Gasteiger partial charge in [-0.25, -0.2) is 0 Å². The van der Waals surface area contributed by atoms with Crippen molar-refractivity contribution >= 4 is 33.2 Å². The molecule has 0 bridgehead atoms. The highest BCUT2D eigenvalue weighted by Crippen LogP contribution is 2.30. The molecule has 3 heteroatoms. The van der Waals surface area contributed by atoms with Gasteiger partial charge in [0.05, 0.1) is 0 Å². The van der Waals surface area contributed by atoms with Crippen LogP contribution < -0.4 is 5.73 Å². The first-order chi connectivity index (χ1) is 7.16. The molecule has 0 aliphatic heterocycles. The third kappa shape index (κ3) is 2.33. The molecule has 0 amide bonds. The Morgan fingerprint density at radius 1 is 1.07 bits per heavy atom. The largest absolute Gasteiger partial charge is 0.398 e. The summed E-state index contributed by atoms with van der Waals surface area (Å²) in [7, 11) is 0. The van der Waals surface area contributed by atoms with E-state index >= 15 is 0 Å². The Hall–Kier alpha value is -0.990. The standard InChI is InChI=1S/C12H9BrClN/c13-9-3-1-2-8(6-9)11-7-10(14)4-5-12(11)15/h1-7H,15H2. The summed E-state index contributed by atoms with van der Waals surface area (Å²) in [5.41, 5.74) is 8.65. The minimum atomic E-state index is 0.694. The lowest BCUT2D eigenvalue weighted by Crippen LogP contribution is -1.89. The van der Waals surface area contributed by atoms with E-state index in [4.69, 9.17) is 17.3 Å². The fraction of sp³-hybridized carbons (Fsp3) is 0. The summed E-state index contributed by atoms with van der Waals surface area (Å²) in [5, 5.41) is 0.694. The van der Waals surface area contributed by atoms with Crippen LogP contribution in [0.4, 0.5) is 5.69 Å². The summed E-state index contributed by atoms with van der Waals surface area (Å²) in [6, 6.07) is 13.5. The Morgan fingerprint density at radius 3 is 2.60 bits per heavy atom. The Kier molecular flexibility index (Phi) is 2.98. The predicted molar refractivity (Wildman–Crippen MR) is 69.0 cm³/mol. The van der Waals surface area contributed by atoms with E-state index in [9.17, 15) is 0 Å². The maximum Gasteiger partial charge on any atom is 0.0413 e. The molecule has 0 atom stereocenters. The number of nitrogen functional groups attached to an aromatic ring is 1. The van der Waals surface area contributed by atoms with Crippen LogP contribution in [0.15, 0.2) is 46.9 Å². The van der Waals surface area contributed by atoms with Crippen LogP contribution in [0.2, 0.25) is 5.02 Å². The summed E-state index contributed by atoms with van der Waals surface area (Å²) in [6.07, 6.45) is 0. The van der Waals surface area contributed by atoms with E-state index in [2.05, 4.69) is 15.9 Å². The number of hydrogen-bond acceptors (Lipinski definition) is 1. The monoisotopic (exact) mass is 281 g/mol. The zero-order chi connectivity index (χ0) is 10.8.